The van der Waals surface area contributed by atoms with Crippen LogP contribution in [0.1, 0.15) is 18.6 Å². The lowest BCUT2D eigenvalue weighted by Gasteiger charge is -2.32. The van der Waals surface area contributed by atoms with E-state index in [1.54, 1.807) is 18.2 Å². The summed E-state index contributed by atoms with van der Waals surface area (Å²) in [5.74, 6) is 0. The third kappa shape index (κ3) is 2.51. The number of alkyl halides is 3. The summed E-state index contributed by atoms with van der Waals surface area (Å²) < 4.78 is 41.4. The molecule has 0 aromatic heterocycles. The van der Waals surface area contributed by atoms with Crippen LogP contribution in [0.25, 0.3) is 11.1 Å². The molecule has 2 N–H and O–H groups in total. The van der Waals surface area contributed by atoms with Crippen molar-refractivity contribution in [3.8, 4) is 11.1 Å². The summed E-state index contributed by atoms with van der Waals surface area (Å²) in [6, 6.07) is 11.2. The van der Waals surface area contributed by atoms with Gasteiger partial charge in [-0.3, -0.25) is 0 Å². The smallest absolute Gasteiger partial charge is 0.372 e. The van der Waals surface area contributed by atoms with Crippen LogP contribution in [0, 0.1) is 0 Å². The van der Waals surface area contributed by atoms with Gasteiger partial charge in [-0.15, -0.1) is 0 Å². The molecule has 0 radical (unpaired) electrons. The van der Waals surface area contributed by atoms with Gasteiger partial charge in [-0.25, -0.2) is 0 Å². The summed E-state index contributed by atoms with van der Waals surface area (Å²) >= 11 is 0. The Morgan fingerprint density at radius 1 is 0.960 bits per heavy atom. The number of piperazine rings is 1. The van der Waals surface area contributed by atoms with E-state index in [0.717, 1.165) is 26.2 Å². The molecule has 0 spiro atoms. The van der Waals surface area contributed by atoms with E-state index in [-0.39, 0.29) is 18.6 Å². The van der Waals surface area contributed by atoms with Gasteiger partial charge in [0, 0.05) is 43.0 Å². The Kier molecular flexibility index (Phi) is 4.29. The molecule has 6 heteroatoms. The minimum absolute atomic E-state index is 0. The van der Waals surface area contributed by atoms with Gasteiger partial charge in [-0.1, -0.05) is 37.8 Å². The molecular weight excluding hydrogens is 329 g/mol. The van der Waals surface area contributed by atoms with Gasteiger partial charge < -0.3 is 15.3 Å². The van der Waals surface area contributed by atoms with Crippen LogP contribution in [0.2, 0.25) is 0 Å². The van der Waals surface area contributed by atoms with Gasteiger partial charge >= 0.3 is 6.18 Å². The second kappa shape index (κ2) is 6.04. The van der Waals surface area contributed by atoms with E-state index in [2.05, 4.69) is 5.32 Å². The average Bonchev–Trinajstić information content (AvgIpc) is 2.86. The third-order valence-corrected chi connectivity index (χ3v) is 4.89. The highest BCUT2D eigenvalue weighted by atomic mass is 19.4. The van der Waals surface area contributed by atoms with Crippen LogP contribution in [0.5, 0.6) is 0 Å². The lowest BCUT2D eigenvalue weighted by atomic mass is 9.90. The maximum Gasteiger partial charge on any atom is 0.425 e. The molecule has 25 heavy (non-hydrogen) atoms. The van der Waals surface area contributed by atoms with E-state index in [1.165, 1.54) is 18.2 Å². The first-order valence-corrected chi connectivity index (χ1v) is 7.92. The molecule has 2 aromatic carbocycles. The van der Waals surface area contributed by atoms with Gasteiger partial charge in [0.2, 0.25) is 5.60 Å². The zero-order chi connectivity index (χ0) is 16.9. The van der Waals surface area contributed by atoms with Crippen LogP contribution >= 0.6 is 0 Å². The summed E-state index contributed by atoms with van der Waals surface area (Å²) in [7, 11) is 0. The van der Waals surface area contributed by atoms with Crippen molar-refractivity contribution in [1.29, 1.82) is 0 Å². The standard InChI is InChI=1S/C18H17F3N2O.CH4/c19-18(20,21)17(24)15-4-2-1-3-13(15)14-6-5-12(11-16(14)17)23-9-7-22-8-10-23;/h1-6,11,22,24H,7-10H2;1H4. The molecule has 4 rings (SSSR count). The molecule has 134 valence electrons. The number of halogens is 3. The van der Waals surface area contributed by atoms with Crippen molar-refractivity contribution in [2.75, 3.05) is 31.1 Å². The fourth-order valence-electron chi connectivity index (χ4n) is 3.67. The number of fused-ring (bicyclic) bond motifs is 3. The molecule has 2 aromatic rings. The second-order valence-electron chi connectivity index (χ2n) is 6.22. The second-order valence-corrected chi connectivity index (χ2v) is 6.22. The number of hydrogen-bond donors (Lipinski definition) is 2. The van der Waals surface area contributed by atoms with E-state index in [9.17, 15) is 18.3 Å². The highest BCUT2D eigenvalue weighted by Gasteiger charge is 2.60. The molecule has 1 saturated heterocycles. The topological polar surface area (TPSA) is 35.5 Å². The summed E-state index contributed by atoms with van der Waals surface area (Å²) in [5.41, 5.74) is -1.52. The van der Waals surface area contributed by atoms with Crippen molar-refractivity contribution in [2.45, 2.75) is 19.2 Å². The summed E-state index contributed by atoms with van der Waals surface area (Å²) in [6.45, 7) is 3.05. The molecule has 1 aliphatic heterocycles. The van der Waals surface area contributed by atoms with E-state index in [0.29, 0.717) is 16.8 Å². The Bertz CT molecular complexity index is 784. The van der Waals surface area contributed by atoms with Crippen molar-refractivity contribution < 1.29 is 18.3 Å². The molecule has 0 amide bonds. The third-order valence-electron chi connectivity index (χ3n) is 4.89. The number of nitrogens with zero attached hydrogens (tertiary/aromatic N) is 1. The van der Waals surface area contributed by atoms with Crippen LogP contribution in [0.4, 0.5) is 18.9 Å². The number of hydrogen-bond acceptors (Lipinski definition) is 3. The lowest BCUT2D eigenvalue weighted by Crippen LogP contribution is -2.44. The number of anilines is 1. The fraction of sp³-hybridized carbons (Fsp3) is 0.368. The van der Waals surface area contributed by atoms with Crippen LogP contribution in [-0.4, -0.2) is 37.5 Å². The van der Waals surface area contributed by atoms with Crippen molar-refractivity contribution in [1.82, 2.24) is 5.32 Å². The van der Waals surface area contributed by atoms with Gasteiger partial charge in [0.25, 0.3) is 0 Å². The van der Waals surface area contributed by atoms with Crippen LogP contribution in [0.15, 0.2) is 42.5 Å². The molecule has 1 aliphatic carbocycles. The monoisotopic (exact) mass is 350 g/mol. The normalized spacial score (nSPS) is 22.2. The predicted octanol–water partition coefficient (Wildman–Crippen LogP) is 3.51. The van der Waals surface area contributed by atoms with Crippen LogP contribution in [-0.2, 0) is 5.60 Å². The molecule has 1 heterocycles. The molecule has 1 fully saturated rings. The van der Waals surface area contributed by atoms with Gasteiger partial charge in [-0.2, -0.15) is 13.2 Å². The first-order chi connectivity index (χ1) is 11.4. The van der Waals surface area contributed by atoms with E-state index >= 15 is 0 Å². The molecule has 0 bridgehead atoms. The number of nitrogens with one attached hydrogen (secondary N) is 1. The molecule has 1 atom stereocenters. The summed E-state index contributed by atoms with van der Waals surface area (Å²) in [4.78, 5) is 2.04. The van der Waals surface area contributed by atoms with Gasteiger partial charge in [0.1, 0.15) is 0 Å². The minimum Gasteiger partial charge on any atom is -0.372 e. The molecule has 3 nitrogen and oxygen atoms in total. The Morgan fingerprint density at radius 2 is 1.60 bits per heavy atom. The Morgan fingerprint density at radius 3 is 2.28 bits per heavy atom. The Labute approximate surface area is 145 Å². The highest BCUT2D eigenvalue weighted by molar-refractivity contribution is 5.82. The quantitative estimate of drug-likeness (QED) is 0.826. The molecule has 1 unspecified atom stereocenters. The van der Waals surface area contributed by atoms with Crippen molar-refractivity contribution in [3.63, 3.8) is 0 Å². The zero-order valence-corrected chi connectivity index (χ0v) is 12.9. The fourth-order valence-corrected chi connectivity index (χ4v) is 3.67. The first kappa shape index (κ1) is 17.8. The number of aliphatic hydroxyl groups is 1. The van der Waals surface area contributed by atoms with Gasteiger partial charge in [-0.05, 0) is 23.3 Å². The zero-order valence-electron chi connectivity index (χ0n) is 12.9. The molecule has 2 aliphatic rings. The minimum atomic E-state index is -4.78. The molecule has 0 saturated carbocycles. The predicted molar refractivity (Wildman–Crippen MR) is 92.7 cm³/mol. The van der Waals surface area contributed by atoms with Crippen LogP contribution in [0.3, 0.4) is 0 Å². The largest absolute Gasteiger partial charge is 0.425 e. The first-order valence-electron chi connectivity index (χ1n) is 7.92. The molecular formula is C19H21F3N2O. The van der Waals surface area contributed by atoms with E-state index < -0.39 is 11.8 Å². The Balaban J connectivity index is 0.00000182. The van der Waals surface area contributed by atoms with Crippen LogP contribution < -0.4 is 10.2 Å². The SMILES string of the molecule is C.OC1(C(F)(F)F)c2ccccc2-c2ccc(N3CCNCC3)cc21. The van der Waals surface area contributed by atoms with Crippen molar-refractivity contribution >= 4 is 5.69 Å². The van der Waals surface area contributed by atoms with Gasteiger partial charge in [0.05, 0.1) is 0 Å². The Hall–Kier alpha value is -2.05. The van der Waals surface area contributed by atoms with E-state index in [1.807, 2.05) is 11.0 Å². The highest BCUT2D eigenvalue weighted by Crippen LogP contribution is 2.55. The average molecular weight is 350 g/mol. The number of rotatable bonds is 1. The maximum absolute atomic E-state index is 13.8. The van der Waals surface area contributed by atoms with Crippen molar-refractivity contribution in [2.24, 2.45) is 0 Å². The lowest BCUT2D eigenvalue weighted by molar-refractivity contribution is -0.246. The van der Waals surface area contributed by atoms with Crippen molar-refractivity contribution in [3.05, 3.63) is 53.6 Å². The maximum atomic E-state index is 13.8. The summed E-state index contributed by atoms with van der Waals surface area (Å²) in [5, 5.41) is 13.9. The summed E-state index contributed by atoms with van der Waals surface area (Å²) in [6.07, 6.45) is -4.78. The van der Waals surface area contributed by atoms with Gasteiger partial charge in [0.15, 0.2) is 0 Å². The van der Waals surface area contributed by atoms with E-state index in [4.69, 9.17) is 0 Å². The number of benzene rings is 2.